The maximum Gasteiger partial charge on any atom is 0.306 e. The van der Waals surface area contributed by atoms with Crippen LogP contribution in [0.1, 0.15) is 48.0 Å². The minimum atomic E-state index is -0.416. The molecule has 2 aromatic carbocycles. The number of carbonyl (C=O) groups excluding carboxylic acids is 3. The lowest BCUT2D eigenvalue weighted by Gasteiger charge is -2.12. The molecule has 1 saturated heterocycles. The van der Waals surface area contributed by atoms with Gasteiger partial charge in [-0.1, -0.05) is 30.3 Å². The van der Waals surface area contributed by atoms with E-state index >= 15 is 0 Å². The molecule has 0 saturated carbocycles. The van der Waals surface area contributed by atoms with E-state index in [0.717, 1.165) is 32.3 Å². The molecule has 0 aromatic heterocycles. The van der Waals surface area contributed by atoms with E-state index in [4.69, 9.17) is 21.7 Å². The maximum atomic E-state index is 12.2. The van der Waals surface area contributed by atoms with Crippen molar-refractivity contribution in [3.8, 4) is 0 Å². The Hall–Kier alpha value is -3.30. The van der Waals surface area contributed by atoms with E-state index in [2.05, 4.69) is 16.0 Å². The molecular weight excluding hydrogens is 466 g/mol. The zero-order valence-electron chi connectivity index (χ0n) is 19.6. The van der Waals surface area contributed by atoms with Gasteiger partial charge in [-0.2, -0.15) is 0 Å². The molecule has 0 spiro atoms. The van der Waals surface area contributed by atoms with Crippen LogP contribution in [0, 0.1) is 0 Å². The van der Waals surface area contributed by atoms with Crippen LogP contribution in [0.2, 0.25) is 0 Å². The Morgan fingerprint density at radius 1 is 1.03 bits per heavy atom. The maximum absolute atomic E-state index is 12.2. The first-order chi connectivity index (χ1) is 17.0. The van der Waals surface area contributed by atoms with Crippen LogP contribution >= 0.6 is 12.2 Å². The first kappa shape index (κ1) is 26.3. The number of rotatable bonds is 11. The van der Waals surface area contributed by atoms with Crippen molar-refractivity contribution >= 4 is 40.8 Å². The number of thiocarbonyl (C=S) groups is 1. The molecule has 1 aliphatic rings. The van der Waals surface area contributed by atoms with Gasteiger partial charge in [0, 0.05) is 30.8 Å². The quantitative estimate of drug-likeness (QED) is 0.248. The van der Waals surface area contributed by atoms with E-state index in [0.29, 0.717) is 24.4 Å². The van der Waals surface area contributed by atoms with Crippen molar-refractivity contribution in [3.05, 3.63) is 65.7 Å². The Kier molecular flexibility index (Phi) is 10.7. The summed E-state index contributed by atoms with van der Waals surface area (Å²) in [5.41, 5.74) is 2.34. The van der Waals surface area contributed by atoms with Crippen molar-refractivity contribution in [2.75, 3.05) is 25.1 Å². The van der Waals surface area contributed by atoms with Crippen LogP contribution in [-0.2, 0) is 25.5 Å². The van der Waals surface area contributed by atoms with Gasteiger partial charge in [-0.25, -0.2) is 0 Å². The third-order valence-electron chi connectivity index (χ3n) is 5.44. The third kappa shape index (κ3) is 9.84. The smallest absolute Gasteiger partial charge is 0.306 e. The molecule has 35 heavy (non-hydrogen) atoms. The van der Waals surface area contributed by atoms with Crippen molar-refractivity contribution in [2.45, 2.75) is 44.6 Å². The average Bonchev–Trinajstić information content (AvgIpc) is 3.39. The lowest BCUT2D eigenvalue weighted by molar-refractivity contribution is -0.145. The van der Waals surface area contributed by atoms with E-state index in [1.807, 2.05) is 30.3 Å². The number of aryl methyl sites for hydroxylation is 1. The highest BCUT2D eigenvalue weighted by Crippen LogP contribution is 2.12. The first-order valence-electron chi connectivity index (χ1n) is 11.8. The Morgan fingerprint density at radius 3 is 2.51 bits per heavy atom. The summed E-state index contributed by atoms with van der Waals surface area (Å²) in [6.45, 7) is 1.56. The second kappa shape index (κ2) is 14.2. The van der Waals surface area contributed by atoms with Gasteiger partial charge in [0.15, 0.2) is 5.11 Å². The summed E-state index contributed by atoms with van der Waals surface area (Å²) < 4.78 is 10.7. The second-order valence-electron chi connectivity index (χ2n) is 8.23. The summed E-state index contributed by atoms with van der Waals surface area (Å²) >= 11 is 5.16. The molecule has 0 aliphatic carbocycles. The Balaban J connectivity index is 1.28. The highest BCUT2D eigenvalue weighted by molar-refractivity contribution is 7.80. The van der Waals surface area contributed by atoms with Crippen LogP contribution in [0.15, 0.2) is 54.6 Å². The fraction of sp³-hybridized carbons (Fsp3) is 0.385. The molecule has 0 bridgehead atoms. The van der Waals surface area contributed by atoms with Gasteiger partial charge in [0.2, 0.25) is 5.91 Å². The highest BCUT2D eigenvalue weighted by Gasteiger charge is 2.16. The molecule has 3 rings (SSSR count). The van der Waals surface area contributed by atoms with Gasteiger partial charge >= 0.3 is 5.97 Å². The first-order valence-corrected chi connectivity index (χ1v) is 12.2. The summed E-state index contributed by atoms with van der Waals surface area (Å²) in [5.74, 6) is -0.968. The van der Waals surface area contributed by atoms with Crippen LogP contribution in [-0.4, -0.2) is 48.8 Å². The van der Waals surface area contributed by atoms with E-state index < -0.39 is 5.97 Å². The minimum Gasteiger partial charge on any atom is -0.466 e. The Morgan fingerprint density at radius 2 is 1.80 bits per heavy atom. The summed E-state index contributed by atoms with van der Waals surface area (Å²) in [5, 5.41) is 8.42. The van der Waals surface area contributed by atoms with Crippen molar-refractivity contribution in [2.24, 2.45) is 0 Å². The number of anilines is 1. The average molecular weight is 498 g/mol. The molecule has 1 atom stereocenters. The van der Waals surface area contributed by atoms with Crippen LogP contribution < -0.4 is 16.0 Å². The molecule has 3 N–H and O–H groups in total. The zero-order chi connectivity index (χ0) is 24.9. The van der Waals surface area contributed by atoms with Crippen LogP contribution in [0.4, 0.5) is 5.69 Å². The SMILES string of the molecule is O=C(CCC(=O)OCCCc1ccccc1)NC(=S)Nc1ccc(C(=O)NCC2CCCO2)cc1. The molecule has 1 heterocycles. The summed E-state index contributed by atoms with van der Waals surface area (Å²) in [6.07, 6.45) is 3.58. The third-order valence-corrected chi connectivity index (χ3v) is 5.65. The van der Waals surface area contributed by atoms with Crippen molar-refractivity contribution in [3.63, 3.8) is 0 Å². The standard InChI is InChI=1S/C26H31N3O5S/c30-23(14-15-24(31)34-17-4-8-19-6-2-1-3-7-19)29-26(35)28-21-12-10-20(11-13-21)25(32)27-18-22-9-5-16-33-22/h1-3,6-7,10-13,22H,4-5,8-9,14-18H2,(H,27,32)(H2,28,29,30,35). The van der Waals surface area contributed by atoms with Gasteiger partial charge in [-0.05, 0) is 67.7 Å². The largest absolute Gasteiger partial charge is 0.466 e. The molecule has 2 amide bonds. The van der Waals surface area contributed by atoms with Crippen molar-refractivity contribution in [1.82, 2.24) is 10.6 Å². The Labute approximate surface area is 210 Å². The lowest BCUT2D eigenvalue weighted by Crippen LogP contribution is -2.34. The van der Waals surface area contributed by atoms with E-state index in [1.165, 1.54) is 5.56 Å². The molecule has 0 radical (unpaired) electrons. The fourth-order valence-corrected chi connectivity index (χ4v) is 3.80. The summed E-state index contributed by atoms with van der Waals surface area (Å²) in [6, 6.07) is 16.7. The van der Waals surface area contributed by atoms with Gasteiger partial charge < -0.3 is 25.4 Å². The van der Waals surface area contributed by atoms with E-state index in [1.54, 1.807) is 24.3 Å². The molecule has 2 aromatic rings. The molecule has 1 aliphatic heterocycles. The fourth-order valence-electron chi connectivity index (χ4n) is 3.57. The van der Waals surface area contributed by atoms with Crippen molar-refractivity contribution in [1.29, 1.82) is 0 Å². The monoisotopic (exact) mass is 497 g/mol. The van der Waals surface area contributed by atoms with Crippen LogP contribution in [0.3, 0.4) is 0 Å². The predicted molar refractivity (Wildman–Crippen MR) is 137 cm³/mol. The number of hydrogen-bond acceptors (Lipinski definition) is 6. The van der Waals surface area contributed by atoms with Crippen LogP contribution in [0.5, 0.6) is 0 Å². The number of hydrogen-bond donors (Lipinski definition) is 3. The van der Waals surface area contributed by atoms with Gasteiger partial charge in [-0.3, -0.25) is 14.4 Å². The van der Waals surface area contributed by atoms with E-state index in [-0.39, 0.29) is 35.9 Å². The van der Waals surface area contributed by atoms with Gasteiger partial charge in [0.1, 0.15) is 0 Å². The molecule has 186 valence electrons. The van der Waals surface area contributed by atoms with Crippen molar-refractivity contribution < 1.29 is 23.9 Å². The van der Waals surface area contributed by atoms with Crippen LogP contribution in [0.25, 0.3) is 0 Å². The molecule has 8 nitrogen and oxygen atoms in total. The van der Waals surface area contributed by atoms with Gasteiger partial charge in [0.25, 0.3) is 5.91 Å². The number of amides is 2. The zero-order valence-corrected chi connectivity index (χ0v) is 20.4. The van der Waals surface area contributed by atoms with Gasteiger partial charge in [-0.15, -0.1) is 0 Å². The minimum absolute atomic E-state index is 0.0184. The number of carbonyl (C=O) groups is 3. The highest BCUT2D eigenvalue weighted by atomic mass is 32.1. The topological polar surface area (TPSA) is 106 Å². The molecular formula is C26H31N3O5S. The molecule has 1 fully saturated rings. The lowest BCUT2D eigenvalue weighted by atomic mass is 10.1. The van der Waals surface area contributed by atoms with Gasteiger partial charge in [0.05, 0.1) is 19.1 Å². The Bertz CT molecular complexity index is 992. The predicted octanol–water partition coefficient (Wildman–Crippen LogP) is 3.36. The number of esters is 1. The molecule has 1 unspecified atom stereocenters. The number of benzene rings is 2. The summed E-state index contributed by atoms with van der Waals surface area (Å²) in [4.78, 5) is 36.2. The summed E-state index contributed by atoms with van der Waals surface area (Å²) in [7, 11) is 0. The number of nitrogens with one attached hydrogen (secondary N) is 3. The van der Waals surface area contributed by atoms with E-state index in [9.17, 15) is 14.4 Å². The second-order valence-corrected chi connectivity index (χ2v) is 8.64. The number of ether oxygens (including phenoxy) is 2. The normalized spacial score (nSPS) is 14.7. The molecule has 9 heteroatoms.